The molecule has 16 unspecified atom stereocenters. The Balaban J connectivity index is 1.15. The van der Waals surface area contributed by atoms with E-state index in [2.05, 4.69) is 25.1 Å². The number of nitrogens with zero attached hydrogens (tertiary/aromatic N) is 1. The molecule has 0 amide bonds. The Kier molecular flexibility index (Phi) is 2.90. The zero-order valence-corrected chi connectivity index (χ0v) is 17.0. The number of rotatable bonds is 3. The first-order valence-corrected chi connectivity index (χ1v) is 12.5. The highest BCUT2D eigenvalue weighted by atomic mass is 16.5. The summed E-state index contributed by atoms with van der Waals surface area (Å²) in [6, 6.07) is 2.45. The van der Waals surface area contributed by atoms with Crippen molar-refractivity contribution in [1.29, 1.82) is 5.26 Å². The van der Waals surface area contributed by atoms with Gasteiger partial charge in [0.2, 0.25) is 0 Å². The smallest absolute Gasteiger partial charge is 0.0648 e. The van der Waals surface area contributed by atoms with E-state index in [9.17, 15) is 5.26 Å². The first kappa shape index (κ1) is 16.0. The Hall–Kier alpha value is -0.810. The lowest BCUT2D eigenvalue weighted by Crippen LogP contribution is -2.51. The van der Waals surface area contributed by atoms with Gasteiger partial charge in [0.25, 0.3) is 0 Å². The Morgan fingerprint density at radius 1 is 0.786 bits per heavy atom. The summed E-state index contributed by atoms with van der Waals surface area (Å²) in [6.45, 7) is 2.42. The van der Waals surface area contributed by atoms with Crippen molar-refractivity contribution in [2.24, 2.45) is 82.9 Å². The van der Waals surface area contributed by atoms with Crippen molar-refractivity contribution in [3.05, 3.63) is 12.2 Å². The Morgan fingerprint density at radius 2 is 1.36 bits per heavy atom. The van der Waals surface area contributed by atoms with Gasteiger partial charge in [0.1, 0.15) is 0 Å². The van der Waals surface area contributed by atoms with Crippen LogP contribution in [0.25, 0.3) is 0 Å². The maximum Gasteiger partial charge on any atom is 0.0648 e. The van der Waals surface area contributed by atoms with Crippen LogP contribution in [0, 0.1) is 94.2 Å². The summed E-state index contributed by atoms with van der Waals surface area (Å²) in [4.78, 5) is 0. The number of allylic oxidation sites excluding steroid dienone is 2. The molecule has 148 valence electrons. The number of nitriles is 1. The van der Waals surface area contributed by atoms with Gasteiger partial charge < -0.3 is 4.74 Å². The molecule has 8 bridgehead atoms. The maximum atomic E-state index is 9.20. The van der Waals surface area contributed by atoms with E-state index < -0.39 is 0 Å². The second-order valence-electron chi connectivity index (χ2n) is 12.0. The molecule has 28 heavy (non-hydrogen) atoms. The molecule has 8 rings (SSSR count). The Bertz CT molecular complexity index is 797. The number of ether oxygens (including phenoxy) is 1. The van der Waals surface area contributed by atoms with Crippen molar-refractivity contribution >= 4 is 0 Å². The molecule has 16 atom stereocenters. The van der Waals surface area contributed by atoms with Crippen LogP contribution in [0.3, 0.4) is 0 Å². The van der Waals surface area contributed by atoms with Crippen LogP contribution in [0.1, 0.15) is 45.4 Å². The lowest BCUT2D eigenvalue weighted by Gasteiger charge is -2.49. The fourth-order valence-electron chi connectivity index (χ4n) is 12.1. The minimum atomic E-state index is 0.608. The SMILES string of the molecule is CCC1C(CCC#N)C2CC1C1C3OC(C21)C1C2CC(C4C5C=CC(C5)C24)C31. The van der Waals surface area contributed by atoms with Crippen molar-refractivity contribution in [1.82, 2.24) is 0 Å². The molecular formula is C26H33NO. The first-order chi connectivity index (χ1) is 13.8. The lowest BCUT2D eigenvalue weighted by atomic mass is 9.53. The molecule has 2 heterocycles. The van der Waals surface area contributed by atoms with E-state index in [1.54, 1.807) is 6.42 Å². The molecule has 6 aliphatic carbocycles. The molecule has 8 aliphatic rings. The lowest BCUT2D eigenvalue weighted by molar-refractivity contribution is -0.00765. The van der Waals surface area contributed by atoms with Crippen LogP contribution in [0.5, 0.6) is 0 Å². The van der Waals surface area contributed by atoms with Gasteiger partial charge >= 0.3 is 0 Å². The first-order valence-electron chi connectivity index (χ1n) is 12.5. The molecule has 2 heteroatoms. The van der Waals surface area contributed by atoms with Crippen LogP contribution >= 0.6 is 0 Å². The van der Waals surface area contributed by atoms with E-state index in [0.717, 1.165) is 95.7 Å². The van der Waals surface area contributed by atoms with Crippen LogP contribution in [-0.4, -0.2) is 12.2 Å². The van der Waals surface area contributed by atoms with Crippen molar-refractivity contribution in [3.63, 3.8) is 0 Å². The van der Waals surface area contributed by atoms with Gasteiger partial charge in [0.05, 0.1) is 18.3 Å². The third-order valence-corrected chi connectivity index (χ3v) is 12.1. The number of fused-ring (bicyclic) bond motifs is 23. The highest BCUT2D eigenvalue weighted by molar-refractivity contribution is 5.28. The van der Waals surface area contributed by atoms with E-state index in [4.69, 9.17) is 4.74 Å². The summed E-state index contributed by atoms with van der Waals surface area (Å²) < 4.78 is 6.98. The standard InChI is InChI=1S/C26H33NO/c1-2-13-14(4-3-7-27)16-9-15(13)21-22(16)26-24-18-10-17(23(24)25(21)28-26)19-11-5-6-12(8-11)20(18)19/h5-6,11-26H,2-4,8-10H2,1H3. The van der Waals surface area contributed by atoms with Gasteiger partial charge in [0.15, 0.2) is 0 Å². The summed E-state index contributed by atoms with van der Waals surface area (Å²) in [5.41, 5.74) is 0. The summed E-state index contributed by atoms with van der Waals surface area (Å²) >= 11 is 0. The molecule has 0 spiro atoms. The van der Waals surface area contributed by atoms with E-state index in [0.29, 0.717) is 12.2 Å². The molecule has 0 radical (unpaired) electrons. The van der Waals surface area contributed by atoms with Gasteiger partial charge in [-0.05, 0) is 109 Å². The Morgan fingerprint density at radius 3 is 1.96 bits per heavy atom. The normalized spacial score (nSPS) is 67.9. The van der Waals surface area contributed by atoms with Crippen LogP contribution in [0.15, 0.2) is 12.2 Å². The monoisotopic (exact) mass is 375 g/mol. The molecule has 0 N–H and O–H groups in total. The third kappa shape index (κ3) is 1.53. The van der Waals surface area contributed by atoms with Crippen molar-refractivity contribution in [2.75, 3.05) is 0 Å². The average Bonchev–Trinajstić information content (AvgIpc) is 3.54. The second-order valence-corrected chi connectivity index (χ2v) is 12.0. The molecule has 0 aromatic rings. The highest BCUT2D eigenvalue weighted by Crippen LogP contribution is 2.78. The van der Waals surface area contributed by atoms with Crippen molar-refractivity contribution in [3.8, 4) is 6.07 Å². The summed E-state index contributed by atoms with van der Waals surface area (Å²) in [5, 5.41) is 9.20. The van der Waals surface area contributed by atoms with Gasteiger partial charge in [-0.1, -0.05) is 25.5 Å². The predicted octanol–water partition coefficient (Wildman–Crippen LogP) is 4.92. The molecular weight excluding hydrogens is 342 g/mol. The molecule has 2 saturated heterocycles. The maximum absolute atomic E-state index is 9.20. The fourth-order valence-corrected chi connectivity index (χ4v) is 12.1. The minimum absolute atomic E-state index is 0.608. The van der Waals surface area contributed by atoms with Crippen LogP contribution < -0.4 is 0 Å². The van der Waals surface area contributed by atoms with Gasteiger partial charge in [-0.2, -0.15) is 5.26 Å². The van der Waals surface area contributed by atoms with Crippen LogP contribution in [0.4, 0.5) is 0 Å². The summed E-state index contributed by atoms with van der Waals surface area (Å²) in [6.07, 6.45) is 14.2. The van der Waals surface area contributed by atoms with Gasteiger partial charge in [-0.3, -0.25) is 0 Å². The topological polar surface area (TPSA) is 33.0 Å². The second kappa shape index (κ2) is 5.08. The van der Waals surface area contributed by atoms with Crippen LogP contribution in [-0.2, 0) is 4.74 Å². The molecule has 7 fully saturated rings. The zero-order chi connectivity index (χ0) is 18.3. The zero-order valence-electron chi connectivity index (χ0n) is 17.0. The van der Waals surface area contributed by atoms with E-state index in [1.165, 1.54) is 19.3 Å². The molecule has 0 aromatic heterocycles. The minimum Gasteiger partial charge on any atom is -0.374 e. The van der Waals surface area contributed by atoms with Crippen LogP contribution in [0.2, 0.25) is 0 Å². The van der Waals surface area contributed by atoms with E-state index in [-0.39, 0.29) is 0 Å². The molecule has 2 nitrogen and oxygen atoms in total. The largest absolute Gasteiger partial charge is 0.374 e. The summed E-state index contributed by atoms with van der Waals surface area (Å²) in [7, 11) is 0. The summed E-state index contributed by atoms with van der Waals surface area (Å²) in [5.74, 6) is 13.1. The van der Waals surface area contributed by atoms with Gasteiger partial charge in [-0.25, -0.2) is 0 Å². The predicted molar refractivity (Wildman–Crippen MR) is 106 cm³/mol. The third-order valence-electron chi connectivity index (χ3n) is 12.1. The number of hydrogen-bond acceptors (Lipinski definition) is 2. The Labute approximate surface area is 169 Å². The van der Waals surface area contributed by atoms with E-state index >= 15 is 0 Å². The van der Waals surface area contributed by atoms with E-state index in [1.807, 2.05) is 0 Å². The molecule has 2 aliphatic heterocycles. The molecule has 5 saturated carbocycles. The molecule has 0 aromatic carbocycles. The quantitative estimate of drug-likeness (QED) is 0.518. The number of hydrogen-bond donors (Lipinski definition) is 0. The van der Waals surface area contributed by atoms with Crippen molar-refractivity contribution < 1.29 is 4.74 Å². The van der Waals surface area contributed by atoms with Crippen molar-refractivity contribution in [2.45, 2.75) is 57.7 Å². The van der Waals surface area contributed by atoms with Gasteiger partial charge in [0, 0.05) is 6.42 Å². The van der Waals surface area contributed by atoms with Gasteiger partial charge in [-0.15, -0.1) is 0 Å². The average molecular weight is 376 g/mol. The highest BCUT2D eigenvalue weighted by Gasteiger charge is 2.77. The fraction of sp³-hybridized carbons (Fsp3) is 0.885.